The summed E-state index contributed by atoms with van der Waals surface area (Å²) in [5, 5.41) is 0. The van der Waals surface area contributed by atoms with Crippen LogP contribution in [0.25, 0.3) is 0 Å². The smallest absolute Gasteiger partial charge is 0.0396 e. The normalized spacial score (nSPS) is 10.5. The molecule has 0 fully saturated rings. The van der Waals surface area contributed by atoms with Crippen molar-refractivity contribution in [3.63, 3.8) is 0 Å². The Kier molecular flexibility index (Phi) is 2.29. The molecule has 0 amide bonds. The van der Waals surface area contributed by atoms with Crippen LogP contribution < -0.4 is 0 Å². The lowest BCUT2D eigenvalue weighted by Gasteiger charge is -2.08. The Balaban J connectivity index is 3.39. The molecule has 0 aliphatic carbocycles. The van der Waals surface area contributed by atoms with E-state index in [-0.39, 0.29) is 0 Å². The summed E-state index contributed by atoms with van der Waals surface area (Å²) in [6.07, 6.45) is 0. The molecule has 0 aliphatic heterocycles. The molecule has 0 radical (unpaired) electrons. The highest BCUT2D eigenvalue weighted by Gasteiger charge is 1.92. The van der Waals surface area contributed by atoms with Gasteiger partial charge in [-0.15, -0.1) is 0 Å². The predicted octanol–water partition coefficient (Wildman–Crippen LogP) is 2.39. The fraction of sp³-hybridized carbons (Fsp3) is 0.250. The highest BCUT2D eigenvalue weighted by Crippen LogP contribution is 2.13. The number of hydrogen-bond acceptors (Lipinski definition) is 3. The minimum atomic E-state index is -1.60. The van der Waals surface area contributed by atoms with E-state index in [0.717, 1.165) is 11.1 Å². The van der Waals surface area contributed by atoms with Crippen LogP contribution in [0.1, 0.15) is 11.1 Å². The molecule has 1 rings (SSSR count). The third-order valence-electron chi connectivity index (χ3n) is 1.75. The molecule has 1 aromatic carbocycles. The Bertz CT molecular complexity index is 334. The van der Waals surface area contributed by atoms with Crippen molar-refractivity contribution in [2.75, 3.05) is 0 Å². The summed E-state index contributed by atoms with van der Waals surface area (Å²) >= 11 is 0. The average molecular weight is 168 g/mol. The minimum absolute atomic E-state index is 0.616. The Morgan fingerprint density at radius 1 is 1.36 bits per heavy atom. The van der Waals surface area contributed by atoms with E-state index in [4.69, 9.17) is 4.78 Å². The number of rotatable bonds is 1. The maximum atomic E-state index is 10.8. The summed E-state index contributed by atoms with van der Waals surface area (Å²) in [4.78, 5) is 0.616. The van der Waals surface area contributed by atoms with Crippen LogP contribution in [0.2, 0.25) is 0 Å². The van der Waals surface area contributed by atoms with Gasteiger partial charge in [-0.1, -0.05) is 28.7 Å². The van der Waals surface area contributed by atoms with Crippen molar-refractivity contribution >= 4 is 10.6 Å². The molecule has 0 unspecified atom stereocenters. The van der Waals surface area contributed by atoms with E-state index >= 15 is 0 Å². The van der Waals surface area contributed by atoms with E-state index in [0.29, 0.717) is 4.90 Å². The molecule has 60 valence electrons. The van der Waals surface area contributed by atoms with Gasteiger partial charge in [0, 0.05) is 0 Å². The second-order valence-corrected chi connectivity index (χ2v) is 3.44. The molecule has 0 saturated heterocycles. The Hall–Kier alpha value is -0.830. The number of aryl methyl sites for hydroxylation is 1. The first-order valence-corrected chi connectivity index (χ1v) is 4.47. The van der Waals surface area contributed by atoms with Crippen LogP contribution >= 0.6 is 0 Å². The number of nitrogens with one attached hydrogen (secondary N) is 1. The van der Waals surface area contributed by atoms with Gasteiger partial charge in [0.2, 0.25) is 0 Å². The molecule has 1 aromatic rings. The topological polar surface area (TPSA) is 40.9 Å². The van der Waals surface area contributed by atoms with Gasteiger partial charge in [-0.2, -0.15) is 10.6 Å². The molecule has 3 heteroatoms. The van der Waals surface area contributed by atoms with Crippen LogP contribution in [0.5, 0.6) is 0 Å². The molecule has 2 nitrogen and oxygen atoms in total. The van der Waals surface area contributed by atoms with Gasteiger partial charge >= 0.3 is 0 Å². The van der Waals surface area contributed by atoms with Crippen LogP contribution in [0, 0.1) is 18.6 Å². The van der Waals surface area contributed by atoms with Crippen LogP contribution in [-0.4, -0.2) is 0 Å². The van der Waals surface area contributed by atoms with Gasteiger partial charge in [-0.05, 0) is 19.4 Å². The van der Waals surface area contributed by atoms with Gasteiger partial charge < -0.3 is 8.99 Å². The third-order valence-corrected chi connectivity index (χ3v) is 2.60. The first kappa shape index (κ1) is 8.27. The Morgan fingerprint density at radius 2 is 2.00 bits per heavy atom. The van der Waals surface area contributed by atoms with Gasteiger partial charge in [0.1, 0.15) is 0 Å². The zero-order valence-electron chi connectivity index (χ0n) is 6.55. The SMILES string of the molecule is Cc1cccc([S-](=N)=O)c1C. The van der Waals surface area contributed by atoms with Crippen molar-refractivity contribution in [2.45, 2.75) is 18.7 Å². The summed E-state index contributed by atoms with van der Waals surface area (Å²) < 4.78 is 17.8. The predicted molar refractivity (Wildman–Crippen MR) is 45.0 cm³/mol. The fourth-order valence-electron chi connectivity index (χ4n) is 0.925. The molecule has 11 heavy (non-hydrogen) atoms. The molecule has 0 bridgehead atoms. The molecule has 1 N–H and O–H groups in total. The lowest BCUT2D eigenvalue weighted by Crippen LogP contribution is -1.86. The molecule has 0 atom stereocenters. The molecular formula is C8H10NOS-. The lowest BCUT2D eigenvalue weighted by atomic mass is 10.1. The monoisotopic (exact) mass is 168 g/mol. The quantitative estimate of drug-likeness (QED) is 0.643. The van der Waals surface area contributed by atoms with E-state index in [1.807, 2.05) is 26.0 Å². The van der Waals surface area contributed by atoms with Gasteiger partial charge in [0.05, 0.1) is 0 Å². The Labute approximate surface area is 68.3 Å². The minimum Gasteiger partial charge on any atom is -0.440 e. The van der Waals surface area contributed by atoms with Crippen molar-refractivity contribution < 1.29 is 4.21 Å². The molecule has 0 aromatic heterocycles. The second kappa shape index (κ2) is 3.05. The molecule has 0 saturated carbocycles. The summed E-state index contributed by atoms with van der Waals surface area (Å²) in [5.41, 5.74) is 2.05. The van der Waals surface area contributed by atoms with E-state index in [9.17, 15) is 4.21 Å². The van der Waals surface area contributed by atoms with Crippen molar-refractivity contribution in [3.05, 3.63) is 29.3 Å². The van der Waals surface area contributed by atoms with Gasteiger partial charge in [0.15, 0.2) is 0 Å². The summed E-state index contributed by atoms with van der Waals surface area (Å²) in [7, 11) is -1.60. The third kappa shape index (κ3) is 1.60. The van der Waals surface area contributed by atoms with Gasteiger partial charge in [-0.3, -0.25) is 0 Å². The second-order valence-electron chi connectivity index (χ2n) is 2.47. The zero-order chi connectivity index (χ0) is 8.43. The van der Waals surface area contributed by atoms with Crippen molar-refractivity contribution in [1.82, 2.24) is 0 Å². The molecule has 0 spiro atoms. The van der Waals surface area contributed by atoms with Crippen molar-refractivity contribution in [3.8, 4) is 0 Å². The Morgan fingerprint density at radius 3 is 2.45 bits per heavy atom. The maximum absolute atomic E-state index is 10.8. The van der Waals surface area contributed by atoms with Crippen LogP contribution in [0.3, 0.4) is 0 Å². The maximum Gasteiger partial charge on any atom is -0.0396 e. The molecule has 0 heterocycles. The van der Waals surface area contributed by atoms with E-state index in [2.05, 4.69) is 0 Å². The van der Waals surface area contributed by atoms with Crippen molar-refractivity contribution in [1.29, 1.82) is 4.78 Å². The van der Waals surface area contributed by atoms with Gasteiger partial charge in [-0.25, -0.2) is 0 Å². The van der Waals surface area contributed by atoms with E-state index in [1.54, 1.807) is 6.07 Å². The van der Waals surface area contributed by atoms with Crippen LogP contribution in [0.15, 0.2) is 23.1 Å². The first-order valence-electron chi connectivity index (χ1n) is 3.32. The number of benzene rings is 1. The van der Waals surface area contributed by atoms with Crippen molar-refractivity contribution in [2.24, 2.45) is 0 Å². The summed E-state index contributed by atoms with van der Waals surface area (Å²) in [5.74, 6) is 0. The summed E-state index contributed by atoms with van der Waals surface area (Å²) in [6.45, 7) is 3.84. The standard InChI is InChI=1S/C8H10NOS/c1-6-4-3-5-8(7(6)2)11(9)10/h3-5,9H,1-2H3/q-1. The average Bonchev–Trinajstić information content (AvgIpc) is 1.94. The van der Waals surface area contributed by atoms with Crippen LogP contribution in [-0.2, 0) is 14.8 Å². The highest BCUT2D eigenvalue weighted by molar-refractivity contribution is 7.73. The highest BCUT2D eigenvalue weighted by atomic mass is 32.2. The lowest BCUT2D eigenvalue weighted by molar-refractivity contribution is 0.598. The van der Waals surface area contributed by atoms with Gasteiger partial charge in [0.25, 0.3) is 0 Å². The molecular weight excluding hydrogens is 158 g/mol. The van der Waals surface area contributed by atoms with E-state index in [1.165, 1.54) is 0 Å². The number of hydrogen-bond donors (Lipinski definition) is 1. The van der Waals surface area contributed by atoms with Crippen LogP contribution in [0.4, 0.5) is 0 Å². The zero-order valence-corrected chi connectivity index (χ0v) is 7.37. The fourth-order valence-corrected chi connectivity index (χ4v) is 1.57. The largest absolute Gasteiger partial charge is 0.440 e. The molecule has 0 aliphatic rings. The van der Waals surface area contributed by atoms with E-state index < -0.39 is 10.6 Å². The first-order chi connectivity index (χ1) is 5.13. The summed E-state index contributed by atoms with van der Waals surface area (Å²) in [6, 6.07) is 5.50.